The number of rotatable bonds is 4. The largest absolute Gasteiger partial charge is 0.282 e. The van der Waals surface area contributed by atoms with E-state index in [4.69, 9.17) is 0 Å². The van der Waals surface area contributed by atoms with E-state index in [1.807, 2.05) is 13.8 Å². The standard InChI is InChI=1S/C14H23NO2S/c1-4-9-5-10-11(6-9)13(17)15(12(10)16)7-14(2,3)8-18/h9-11,18H,4-8H2,1-3H3. The quantitative estimate of drug-likeness (QED) is 0.628. The van der Waals surface area contributed by atoms with Crippen molar-refractivity contribution in [3.63, 3.8) is 0 Å². The highest BCUT2D eigenvalue weighted by Gasteiger charge is 2.52. The van der Waals surface area contributed by atoms with E-state index in [-0.39, 0.29) is 29.1 Å². The fraction of sp³-hybridized carbons (Fsp3) is 0.857. The van der Waals surface area contributed by atoms with E-state index < -0.39 is 0 Å². The molecule has 0 aromatic rings. The Labute approximate surface area is 115 Å². The Morgan fingerprint density at radius 2 is 1.72 bits per heavy atom. The van der Waals surface area contributed by atoms with Crippen LogP contribution in [0.4, 0.5) is 0 Å². The number of thiol groups is 1. The van der Waals surface area contributed by atoms with Crippen molar-refractivity contribution >= 4 is 24.4 Å². The van der Waals surface area contributed by atoms with Gasteiger partial charge in [-0.05, 0) is 29.9 Å². The molecule has 3 nitrogen and oxygen atoms in total. The summed E-state index contributed by atoms with van der Waals surface area (Å²) < 4.78 is 0. The summed E-state index contributed by atoms with van der Waals surface area (Å²) >= 11 is 4.30. The molecule has 18 heavy (non-hydrogen) atoms. The highest BCUT2D eigenvalue weighted by atomic mass is 32.1. The molecule has 1 heterocycles. The molecule has 0 radical (unpaired) electrons. The van der Waals surface area contributed by atoms with Crippen molar-refractivity contribution in [1.82, 2.24) is 4.90 Å². The molecule has 102 valence electrons. The van der Waals surface area contributed by atoms with E-state index >= 15 is 0 Å². The minimum Gasteiger partial charge on any atom is -0.282 e. The second kappa shape index (κ2) is 4.87. The third kappa shape index (κ3) is 2.31. The smallest absolute Gasteiger partial charge is 0.233 e. The lowest BCUT2D eigenvalue weighted by molar-refractivity contribution is -0.142. The van der Waals surface area contributed by atoms with E-state index in [0.29, 0.717) is 18.2 Å². The van der Waals surface area contributed by atoms with Gasteiger partial charge >= 0.3 is 0 Å². The number of amides is 2. The van der Waals surface area contributed by atoms with Crippen LogP contribution in [0.15, 0.2) is 0 Å². The van der Waals surface area contributed by atoms with Crippen molar-refractivity contribution in [2.24, 2.45) is 23.2 Å². The van der Waals surface area contributed by atoms with Gasteiger partial charge in [0, 0.05) is 6.54 Å². The molecule has 1 aliphatic heterocycles. The average molecular weight is 269 g/mol. The fourth-order valence-corrected chi connectivity index (χ4v) is 3.26. The lowest BCUT2D eigenvalue weighted by Crippen LogP contribution is -2.40. The molecule has 1 saturated heterocycles. The highest BCUT2D eigenvalue weighted by molar-refractivity contribution is 7.80. The van der Waals surface area contributed by atoms with Gasteiger partial charge in [0.05, 0.1) is 11.8 Å². The highest BCUT2D eigenvalue weighted by Crippen LogP contribution is 2.44. The van der Waals surface area contributed by atoms with E-state index in [9.17, 15) is 9.59 Å². The van der Waals surface area contributed by atoms with E-state index in [1.165, 1.54) is 4.90 Å². The Balaban J connectivity index is 2.10. The van der Waals surface area contributed by atoms with Crippen molar-refractivity contribution in [2.45, 2.75) is 40.0 Å². The lowest BCUT2D eigenvalue weighted by atomic mass is 9.95. The molecule has 2 amide bonds. The molecule has 1 saturated carbocycles. The number of nitrogens with zero attached hydrogens (tertiary/aromatic N) is 1. The number of fused-ring (bicyclic) bond motifs is 1. The van der Waals surface area contributed by atoms with Crippen LogP contribution in [0.3, 0.4) is 0 Å². The van der Waals surface area contributed by atoms with Gasteiger partial charge in [0.25, 0.3) is 0 Å². The van der Waals surface area contributed by atoms with Gasteiger partial charge < -0.3 is 0 Å². The molecule has 2 aliphatic rings. The van der Waals surface area contributed by atoms with Gasteiger partial charge in [0.2, 0.25) is 11.8 Å². The van der Waals surface area contributed by atoms with Gasteiger partial charge in [-0.2, -0.15) is 12.6 Å². The molecule has 2 unspecified atom stereocenters. The molecule has 0 bridgehead atoms. The Hall–Kier alpha value is -0.510. The zero-order valence-electron chi connectivity index (χ0n) is 11.5. The third-order valence-electron chi connectivity index (χ3n) is 4.42. The number of imide groups is 1. The molecule has 2 rings (SSSR count). The van der Waals surface area contributed by atoms with Crippen LogP contribution in [0.1, 0.15) is 40.0 Å². The van der Waals surface area contributed by atoms with Crippen molar-refractivity contribution in [3.05, 3.63) is 0 Å². The first-order valence-electron chi connectivity index (χ1n) is 6.85. The maximum Gasteiger partial charge on any atom is 0.233 e. The first-order valence-corrected chi connectivity index (χ1v) is 7.49. The van der Waals surface area contributed by atoms with Crippen molar-refractivity contribution in [2.75, 3.05) is 12.3 Å². The molecule has 2 fully saturated rings. The lowest BCUT2D eigenvalue weighted by Gasteiger charge is -2.28. The Kier molecular flexibility index (Phi) is 3.77. The molecule has 1 aliphatic carbocycles. The summed E-state index contributed by atoms with van der Waals surface area (Å²) in [5.74, 6) is 1.31. The SMILES string of the molecule is CCC1CC2C(=O)N(CC(C)(C)CS)C(=O)C2C1. The number of hydrogen-bond acceptors (Lipinski definition) is 3. The molecule has 4 heteroatoms. The number of likely N-dealkylation sites (tertiary alicyclic amines) is 1. The number of carbonyl (C=O) groups excluding carboxylic acids is 2. The first-order chi connectivity index (χ1) is 8.39. The Morgan fingerprint density at radius 1 is 1.22 bits per heavy atom. The summed E-state index contributed by atoms with van der Waals surface area (Å²) in [5, 5.41) is 0. The van der Waals surface area contributed by atoms with Gasteiger partial charge in [0.1, 0.15) is 0 Å². The molecule has 0 N–H and O–H groups in total. The summed E-state index contributed by atoms with van der Waals surface area (Å²) in [6.07, 6.45) is 2.89. The molecular formula is C14H23NO2S. The summed E-state index contributed by atoms with van der Waals surface area (Å²) in [4.78, 5) is 26.2. The van der Waals surface area contributed by atoms with E-state index in [2.05, 4.69) is 19.6 Å². The van der Waals surface area contributed by atoms with E-state index in [0.717, 1.165) is 19.3 Å². The van der Waals surface area contributed by atoms with Gasteiger partial charge in [0.15, 0.2) is 0 Å². The zero-order chi connectivity index (χ0) is 13.5. The van der Waals surface area contributed by atoms with Crippen LogP contribution in [-0.2, 0) is 9.59 Å². The van der Waals surface area contributed by atoms with Gasteiger partial charge in [-0.15, -0.1) is 0 Å². The van der Waals surface area contributed by atoms with Gasteiger partial charge in [-0.25, -0.2) is 0 Å². The van der Waals surface area contributed by atoms with Crippen LogP contribution in [-0.4, -0.2) is 29.0 Å². The van der Waals surface area contributed by atoms with Crippen LogP contribution >= 0.6 is 12.6 Å². The predicted octanol–water partition coefficient (Wildman–Crippen LogP) is 2.36. The molecule has 0 spiro atoms. The second-order valence-electron chi connectivity index (χ2n) is 6.54. The molecule has 0 aromatic heterocycles. The number of carbonyl (C=O) groups is 2. The van der Waals surface area contributed by atoms with Crippen LogP contribution in [0.2, 0.25) is 0 Å². The molecule has 0 aromatic carbocycles. The van der Waals surface area contributed by atoms with Gasteiger partial charge in [-0.1, -0.05) is 27.2 Å². The van der Waals surface area contributed by atoms with Crippen molar-refractivity contribution in [1.29, 1.82) is 0 Å². The second-order valence-corrected chi connectivity index (χ2v) is 6.86. The van der Waals surface area contributed by atoms with Crippen LogP contribution in [0.25, 0.3) is 0 Å². The predicted molar refractivity (Wildman–Crippen MR) is 74.3 cm³/mol. The van der Waals surface area contributed by atoms with Crippen LogP contribution < -0.4 is 0 Å². The van der Waals surface area contributed by atoms with Crippen LogP contribution in [0, 0.1) is 23.2 Å². The van der Waals surface area contributed by atoms with Crippen molar-refractivity contribution in [3.8, 4) is 0 Å². The van der Waals surface area contributed by atoms with Gasteiger partial charge in [-0.3, -0.25) is 14.5 Å². The summed E-state index contributed by atoms with van der Waals surface area (Å²) in [5.41, 5.74) is -0.1000. The van der Waals surface area contributed by atoms with Crippen molar-refractivity contribution < 1.29 is 9.59 Å². The minimum absolute atomic E-state index is 0.0295. The Morgan fingerprint density at radius 3 is 2.11 bits per heavy atom. The minimum atomic E-state index is -0.1000. The summed E-state index contributed by atoms with van der Waals surface area (Å²) in [6.45, 7) is 6.74. The first kappa shape index (κ1) is 13.9. The van der Waals surface area contributed by atoms with Crippen LogP contribution in [0.5, 0.6) is 0 Å². The maximum atomic E-state index is 12.3. The fourth-order valence-electron chi connectivity index (χ4n) is 3.16. The molecule has 2 atom stereocenters. The summed E-state index contributed by atoms with van der Waals surface area (Å²) in [7, 11) is 0. The number of hydrogen-bond donors (Lipinski definition) is 1. The zero-order valence-corrected chi connectivity index (χ0v) is 12.4. The topological polar surface area (TPSA) is 37.4 Å². The average Bonchev–Trinajstić information content (AvgIpc) is 2.85. The maximum absolute atomic E-state index is 12.3. The summed E-state index contributed by atoms with van der Waals surface area (Å²) in [6, 6.07) is 0. The van der Waals surface area contributed by atoms with E-state index in [1.54, 1.807) is 0 Å². The monoisotopic (exact) mass is 269 g/mol. The third-order valence-corrected chi connectivity index (χ3v) is 5.27. The normalized spacial score (nSPS) is 32.2. The molecular weight excluding hydrogens is 246 g/mol. The Bertz CT molecular complexity index is 343.